The molecule has 0 aromatic heterocycles. The Balaban J connectivity index is 1.86. The first kappa shape index (κ1) is 18.1. The summed E-state index contributed by atoms with van der Waals surface area (Å²) in [5, 5.41) is 9.90. The van der Waals surface area contributed by atoms with Crippen molar-refractivity contribution < 1.29 is 9.53 Å². The molecule has 0 spiro atoms. The first-order valence-electron chi connectivity index (χ1n) is 7.42. The molecule has 24 heavy (non-hydrogen) atoms. The highest BCUT2D eigenvalue weighted by molar-refractivity contribution is 6.35. The number of hydrogen-bond donors (Lipinski definition) is 0. The first-order valence-corrected chi connectivity index (χ1v) is 8.17. The fourth-order valence-corrected chi connectivity index (χ4v) is 2.60. The Morgan fingerprint density at radius 2 is 1.92 bits per heavy atom. The van der Waals surface area contributed by atoms with Gasteiger partial charge in [-0.1, -0.05) is 41.4 Å². The molecule has 2 aromatic carbocycles. The molecular formula is C18H16Cl2N2O2. The van der Waals surface area contributed by atoms with Crippen molar-refractivity contribution in [2.45, 2.75) is 12.8 Å². The van der Waals surface area contributed by atoms with Gasteiger partial charge in [0.05, 0.1) is 17.7 Å². The number of rotatable bonds is 7. The van der Waals surface area contributed by atoms with Crippen LogP contribution in [0, 0.1) is 11.3 Å². The summed E-state index contributed by atoms with van der Waals surface area (Å²) in [7, 11) is 0. The number of nitrogens with zero attached hydrogens (tertiary/aromatic N) is 2. The fraction of sp³-hybridized carbons (Fsp3) is 0.222. The number of para-hydroxylation sites is 1. The molecule has 1 amide bonds. The number of amides is 1. The van der Waals surface area contributed by atoms with Crippen LogP contribution < -0.4 is 9.64 Å². The third kappa shape index (κ3) is 5.16. The normalized spacial score (nSPS) is 10.0. The van der Waals surface area contributed by atoms with E-state index in [9.17, 15) is 4.79 Å². The smallest absolute Gasteiger partial charge is 0.228 e. The van der Waals surface area contributed by atoms with E-state index in [1.54, 1.807) is 30.3 Å². The molecule has 0 aliphatic heterocycles. The van der Waals surface area contributed by atoms with Crippen LogP contribution in [0.1, 0.15) is 12.8 Å². The van der Waals surface area contributed by atoms with Crippen LogP contribution in [0.2, 0.25) is 10.0 Å². The van der Waals surface area contributed by atoms with Crippen LogP contribution in [0.25, 0.3) is 0 Å². The first-order chi connectivity index (χ1) is 11.6. The lowest BCUT2D eigenvalue weighted by Crippen LogP contribution is -2.31. The van der Waals surface area contributed by atoms with Gasteiger partial charge in [0.1, 0.15) is 12.3 Å². The van der Waals surface area contributed by atoms with Gasteiger partial charge in [-0.25, -0.2) is 0 Å². The number of hydrogen-bond acceptors (Lipinski definition) is 3. The standard InChI is InChI=1S/C18H16Cl2N2O2/c19-14-8-9-17(16(20)13-14)24-12-4-7-18(23)22(11-10-21)15-5-2-1-3-6-15/h1-3,5-6,8-9,13H,4,7,11-12H2. The van der Waals surface area contributed by atoms with Gasteiger partial charge in [0, 0.05) is 17.1 Å². The van der Waals surface area contributed by atoms with E-state index < -0.39 is 0 Å². The minimum absolute atomic E-state index is 0.0206. The van der Waals surface area contributed by atoms with Crippen LogP contribution in [0.5, 0.6) is 5.75 Å². The summed E-state index contributed by atoms with van der Waals surface area (Å²) in [5.41, 5.74) is 0.714. The molecule has 2 aromatic rings. The molecule has 2 rings (SSSR count). The predicted octanol–water partition coefficient (Wildman–Crippen LogP) is 4.71. The summed E-state index contributed by atoms with van der Waals surface area (Å²) in [6.45, 7) is 0.370. The van der Waals surface area contributed by atoms with Gasteiger partial charge >= 0.3 is 0 Å². The van der Waals surface area contributed by atoms with Gasteiger partial charge in [0.15, 0.2) is 0 Å². The average molecular weight is 363 g/mol. The maximum Gasteiger partial charge on any atom is 0.228 e. The molecule has 0 saturated carbocycles. The van der Waals surface area contributed by atoms with Gasteiger partial charge in [0.25, 0.3) is 0 Å². The van der Waals surface area contributed by atoms with Gasteiger partial charge < -0.3 is 4.74 Å². The van der Waals surface area contributed by atoms with E-state index in [1.807, 2.05) is 24.3 Å². The van der Waals surface area contributed by atoms with E-state index in [4.69, 9.17) is 33.2 Å². The SMILES string of the molecule is N#CCN(C(=O)CCCOc1ccc(Cl)cc1Cl)c1ccccc1. The number of carbonyl (C=O) groups is 1. The second-order valence-corrected chi connectivity index (χ2v) is 5.84. The zero-order valence-corrected chi connectivity index (χ0v) is 14.4. The Labute approximate surface area is 151 Å². The van der Waals surface area contributed by atoms with Crippen LogP contribution in [-0.4, -0.2) is 19.1 Å². The molecule has 124 valence electrons. The molecule has 0 fully saturated rings. The lowest BCUT2D eigenvalue weighted by Gasteiger charge is -2.19. The summed E-state index contributed by atoms with van der Waals surface area (Å²) in [5.74, 6) is 0.416. The van der Waals surface area contributed by atoms with Crippen LogP contribution in [0.4, 0.5) is 5.69 Å². The maximum atomic E-state index is 12.3. The quantitative estimate of drug-likeness (QED) is 0.529. The van der Waals surface area contributed by atoms with Crippen molar-refractivity contribution in [3.63, 3.8) is 0 Å². The number of halogens is 2. The molecule has 0 bridgehead atoms. The third-order valence-electron chi connectivity index (χ3n) is 3.28. The summed E-state index contributed by atoms with van der Waals surface area (Å²) in [4.78, 5) is 13.8. The molecule has 0 aliphatic carbocycles. The molecule has 0 radical (unpaired) electrons. The number of nitriles is 1. The molecule has 6 heteroatoms. The Morgan fingerprint density at radius 3 is 2.58 bits per heavy atom. The van der Waals surface area contributed by atoms with Crippen molar-refractivity contribution in [3.8, 4) is 11.8 Å². The number of anilines is 1. The van der Waals surface area contributed by atoms with Gasteiger partial charge in [-0.05, 0) is 36.8 Å². The average Bonchev–Trinajstić information content (AvgIpc) is 2.58. The van der Waals surface area contributed by atoms with Crippen LogP contribution in [0.15, 0.2) is 48.5 Å². The molecule has 0 heterocycles. The molecule has 0 saturated heterocycles. The highest BCUT2D eigenvalue weighted by Gasteiger charge is 2.14. The van der Waals surface area contributed by atoms with Gasteiger partial charge in [-0.3, -0.25) is 9.69 Å². The molecular weight excluding hydrogens is 347 g/mol. The Morgan fingerprint density at radius 1 is 1.17 bits per heavy atom. The second-order valence-electron chi connectivity index (χ2n) is 5.00. The Bertz CT molecular complexity index is 730. The highest BCUT2D eigenvalue weighted by Crippen LogP contribution is 2.27. The lowest BCUT2D eigenvalue weighted by molar-refractivity contribution is -0.118. The van der Waals surface area contributed by atoms with E-state index in [0.29, 0.717) is 34.5 Å². The monoisotopic (exact) mass is 362 g/mol. The van der Waals surface area contributed by atoms with Crippen LogP contribution in [0.3, 0.4) is 0 Å². The molecule has 4 nitrogen and oxygen atoms in total. The van der Waals surface area contributed by atoms with E-state index in [2.05, 4.69) is 0 Å². The Kier molecular flexibility index (Phi) is 6.92. The summed E-state index contributed by atoms with van der Waals surface area (Å²) in [6, 6.07) is 16.1. The van der Waals surface area contributed by atoms with Crippen molar-refractivity contribution in [2.75, 3.05) is 18.1 Å². The minimum atomic E-state index is -0.117. The maximum absolute atomic E-state index is 12.3. The molecule has 0 N–H and O–H groups in total. The number of carbonyl (C=O) groups excluding carboxylic acids is 1. The van der Waals surface area contributed by atoms with Crippen molar-refractivity contribution in [2.24, 2.45) is 0 Å². The van der Waals surface area contributed by atoms with Gasteiger partial charge in [-0.2, -0.15) is 5.26 Å². The molecule has 0 unspecified atom stereocenters. The minimum Gasteiger partial charge on any atom is -0.492 e. The second kappa shape index (κ2) is 9.17. The zero-order chi connectivity index (χ0) is 17.4. The van der Waals surface area contributed by atoms with Crippen LogP contribution >= 0.6 is 23.2 Å². The molecule has 0 atom stereocenters. The van der Waals surface area contributed by atoms with E-state index >= 15 is 0 Å². The molecule has 0 aliphatic rings. The van der Waals surface area contributed by atoms with Gasteiger partial charge in [-0.15, -0.1) is 0 Å². The zero-order valence-electron chi connectivity index (χ0n) is 12.9. The van der Waals surface area contributed by atoms with E-state index in [0.717, 1.165) is 0 Å². The predicted molar refractivity (Wildman–Crippen MR) is 95.6 cm³/mol. The summed E-state index contributed by atoms with van der Waals surface area (Å²) < 4.78 is 5.56. The van der Waals surface area contributed by atoms with Crippen molar-refractivity contribution in [1.82, 2.24) is 0 Å². The topological polar surface area (TPSA) is 53.3 Å². The van der Waals surface area contributed by atoms with Gasteiger partial charge in [0.2, 0.25) is 5.91 Å². The fourth-order valence-electron chi connectivity index (χ4n) is 2.13. The Hall–Kier alpha value is -2.22. The van der Waals surface area contributed by atoms with Crippen molar-refractivity contribution in [1.29, 1.82) is 5.26 Å². The largest absolute Gasteiger partial charge is 0.492 e. The third-order valence-corrected chi connectivity index (χ3v) is 3.81. The van der Waals surface area contributed by atoms with Crippen molar-refractivity contribution in [3.05, 3.63) is 58.6 Å². The number of ether oxygens (including phenoxy) is 1. The van der Waals surface area contributed by atoms with E-state index in [1.165, 1.54) is 4.90 Å². The van der Waals surface area contributed by atoms with Crippen molar-refractivity contribution >= 4 is 34.8 Å². The number of benzene rings is 2. The summed E-state index contributed by atoms with van der Waals surface area (Å²) in [6.07, 6.45) is 0.800. The summed E-state index contributed by atoms with van der Waals surface area (Å²) >= 11 is 11.8. The lowest BCUT2D eigenvalue weighted by atomic mass is 10.2. The highest BCUT2D eigenvalue weighted by atomic mass is 35.5. The van der Waals surface area contributed by atoms with E-state index in [-0.39, 0.29) is 18.9 Å². The van der Waals surface area contributed by atoms with Crippen LogP contribution in [-0.2, 0) is 4.79 Å².